The van der Waals surface area contributed by atoms with Gasteiger partial charge in [0.05, 0.1) is 0 Å². The summed E-state index contributed by atoms with van der Waals surface area (Å²) >= 11 is 6.09. The fourth-order valence-electron chi connectivity index (χ4n) is 2.31. The summed E-state index contributed by atoms with van der Waals surface area (Å²) in [6, 6.07) is 1.97. The van der Waals surface area contributed by atoms with Crippen molar-refractivity contribution in [2.75, 3.05) is 17.7 Å². The Morgan fingerprint density at radius 2 is 2.12 bits per heavy atom. The second kappa shape index (κ2) is 5.00. The van der Waals surface area contributed by atoms with E-state index in [2.05, 4.69) is 15.3 Å². The van der Waals surface area contributed by atoms with Gasteiger partial charge in [-0.2, -0.15) is 0 Å². The Kier molecular flexibility index (Phi) is 3.64. The maximum Gasteiger partial charge on any atom is 0.129 e. The second-order valence-corrected chi connectivity index (χ2v) is 5.01. The summed E-state index contributed by atoms with van der Waals surface area (Å²) in [6.45, 7) is 2.90. The maximum absolute atomic E-state index is 6.09. The van der Waals surface area contributed by atoms with Gasteiger partial charge in [0.25, 0.3) is 0 Å². The van der Waals surface area contributed by atoms with Crippen LogP contribution in [0.1, 0.15) is 31.4 Å². The van der Waals surface area contributed by atoms with Gasteiger partial charge in [0.15, 0.2) is 0 Å². The third kappa shape index (κ3) is 2.64. The molecule has 0 aromatic carbocycles. The number of aryl methyl sites for hydroxylation is 1. The minimum atomic E-state index is 0.278. The fraction of sp³-hybridized carbons (Fsp3) is 0.667. The Bertz CT molecular complexity index is 348. The molecule has 1 N–H and O–H groups in total. The fourth-order valence-corrected chi connectivity index (χ4v) is 2.67. The van der Waals surface area contributed by atoms with Crippen LogP contribution in [-0.2, 0) is 0 Å². The quantitative estimate of drug-likeness (QED) is 0.821. The number of nitrogens with zero attached hydrogens (tertiary/aromatic N) is 2. The highest BCUT2D eigenvalue weighted by atomic mass is 35.5. The average molecular weight is 240 g/mol. The summed E-state index contributed by atoms with van der Waals surface area (Å²) in [5.41, 5.74) is 1.27. The Balaban J connectivity index is 1.95. The molecule has 0 unspecified atom stereocenters. The van der Waals surface area contributed by atoms with Gasteiger partial charge in [-0.3, -0.25) is 0 Å². The lowest BCUT2D eigenvalue weighted by Gasteiger charge is -2.26. The van der Waals surface area contributed by atoms with Crippen molar-refractivity contribution < 1.29 is 0 Å². The van der Waals surface area contributed by atoms with Crippen LogP contribution in [0, 0.1) is 12.3 Å². The van der Waals surface area contributed by atoms with Gasteiger partial charge in [0.2, 0.25) is 0 Å². The lowest BCUT2D eigenvalue weighted by molar-refractivity contribution is 0.368. The van der Waals surface area contributed by atoms with Gasteiger partial charge in [0, 0.05) is 29.6 Å². The summed E-state index contributed by atoms with van der Waals surface area (Å²) < 4.78 is 0. The van der Waals surface area contributed by atoms with E-state index in [1.165, 1.54) is 25.7 Å². The van der Waals surface area contributed by atoms with Gasteiger partial charge in [-0.15, -0.1) is 11.6 Å². The average Bonchev–Trinajstić information content (AvgIpc) is 2.76. The largest absolute Gasteiger partial charge is 0.369 e. The Morgan fingerprint density at radius 3 is 2.75 bits per heavy atom. The molecule has 0 bridgehead atoms. The van der Waals surface area contributed by atoms with Crippen LogP contribution in [0.15, 0.2) is 12.4 Å². The zero-order valence-electron chi connectivity index (χ0n) is 9.67. The van der Waals surface area contributed by atoms with E-state index in [1.54, 1.807) is 6.33 Å². The first kappa shape index (κ1) is 11.6. The third-order valence-electron chi connectivity index (χ3n) is 3.40. The lowest BCUT2D eigenvalue weighted by Crippen LogP contribution is -2.28. The van der Waals surface area contributed by atoms with E-state index in [4.69, 9.17) is 11.6 Å². The summed E-state index contributed by atoms with van der Waals surface area (Å²) in [5, 5.41) is 3.38. The highest BCUT2D eigenvalue weighted by Crippen LogP contribution is 2.39. The van der Waals surface area contributed by atoms with Crippen LogP contribution in [0.3, 0.4) is 0 Å². The monoisotopic (exact) mass is 239 g/mol. The molecule has 0 radical (unpaired) electrons. The Labute approximate surface area is 102 Å². The van der Waals surface area contributed by atoms with Gasteiger partial charge < -0.3 is 5.32 Å². The molecule has 1 fully saturated rings. The highest BCUT2D eigenvalue weighted by Gasteiger charge is 2.32. The van der Waals surface area contributed by atoms with Crippen molar-refractivity contribution in [1.82, 2.24) is 9.97 Å². The molecular weight excluding hydrogens is 222 g/mol. The molecule has 1 heterocycles. The van der Waals surface area contributed by atoms with Crippen LogP contribution in [0.5, 0.6) is 0 Å². The summed E-state index contributed by atoms with van der Waals surface area (Å²) in [6.07, 6.45) is 6.66. The third-order valence-corrected chi connectivity index (χ3v) is 3.96. The summed E-state index contributed by atoms with van der Waals surface area (Å²) in [5.74, 6) is 1.65. The zero-order chi connectivity index (χ0) is 11.4. The van der Waals surface area contributed by atoms with Crippen molar-refractivity contribution in [3.63, 3.8) is 0 Å². The smallest absolute Gasteiger partial charge is 0.129 e. The Morgan fingerprint density at radius 1 is 1.38 bits per heavy atom. The van der Waals surface area contributed by atoms with Crippen molar-refractivity contribution >= 4 is 17.4 Å². The number of alkyl halides is 1. The van der Waals surface area contributed by atoms with Crippen LogP contribution < -0.4 is 5.32 Å². The molecular formula is C12H18ClN3. The number of hydrogen-bond donors (Lipinski definition) is 1. The van der Waals surface area contributed by atoms with E-state index < -0.39 is 0 Å². The minimum Gasteiger partial charge on any atom is -0.369 e. The van der Waals surface area contributed by atoms with E-state index in [-0.39, 0.29) is 5.41 Å². The minimum absolute atomic E-state index is 0.278. The molecule has 1 saturated carbocycles. The molecule has 88 valence electrons. The van der Waals surface area contributed by atoms with Gasteiger partial charge >= 0.3 is 0 Å². The molecule has 0 atom stereocenters. The molecule has 3 nitrogen and oxygen atoms in total. The zero-order valence-corrected chi connectivity index (χ0v) is 10.4. The van der Waals surface area contributed by atoms with Gasteiger partial charge in [-0.25, -0.2) is 9.97 Å². The standard InChI is InChI=1S/C12H18ClN3/c1-10-6-11(16-9-15-10)14-8-12(7-13)4-2-3-5-12/h6,9H,2-5,7-8H2,1H3,(H,14,15,16). The molecule has 1 aliphatic carbocycles. The molecule has 1 aromatic rings. The van der Waals surface area contributed by atoms with Crippen LogP contribution in [0.4, 0.5) is 5.82 Å². The van der Waals surface area contributed by atoms with E-state index in [0.717, 1.165) is 23.9 Å². The highest BCUT2D eigenvalue weighted by molar-refractivity contribution is 6.18. The normalized spacial score (nSPS) is 18.6. The first-order valence-electron chi connectivity index (χ1n) is 5.83. The predicted molar refractivity (Wildman–Crippen MR) is 66.9 cm³/mol. The molecule has 2 rings (SSSR count). The predicted octanol–water partition coefficient (Wildman–Crippen LogP) is 3.00. The Hall–Kier alpha value is -0.830. The topological polar surface area (TPSA) is 37.8 Å². The number of hydrogen-bond acceptors (Lipinski definition) is 3. The lowest BCUT2D eigenvalue weighted by atomic mass is 9.88. The van der Waals surface area contributed by atoms with Crippen molar-refractivity contribution in [2.45, 2.75) is 32.6 Å². The van der Waals surface area contributed by atoms with Crippen molar-refractivity contribution in [2.24, 2.45) is 5.41 Å². The molecule has 1 aromatic heterocycles. The molecule has 0 saturated heterocycles. The van der Waals surface area contributed by atoms with Gasteiger partial charge in [-0.05, 0) is 19.8 Å². The van der Waals surface area contributed by atoms with Crippen LogP contribution >= 0.6 is 11.6 Å². The molecule has 0 aliphatic heterocycles. The number of nitrogens with one attached hydrogen (secondary N) is 1. The summed E-state index contributed by atoms with van der Waals surface area (Å²) in [7, 11) is 0. The number of anilines is 1. The van der Waals surface area contributed by atoms with Crippen molar-refractivity contribution in [1.29, 1.82) is 0 Å². The first-order chi connectivity index (χ1) is 7.74. The molecule has 1 aliphatic rings. The van der Waals surface area contributed by atoms with Crippen LogP contribution in [0.25, 0.3) is 0 Å². The van der Waals surface area contributed by atoms with Crippen LogP contribution in [-0.4, -0.2) is 22.4 Å². The number of rotatable bonds is 4. The maximum atomic E-state index is 6.09. The van der Waals surface area contributed by atoms with Crippen molar-refractivity contribution in [3.8, 4) is 0 Å². The van der Waals surface area contributed by atoms with Gasteiger partial charge in [-0.1, -0.05) is 12.8 Å². The first-order valence-corrected chi connectivity index (χ1v) is 6.36. The van der Waals surface area contributed by atoms with Gasteiger partial charge in [0.1, 0.15) is 12.1 Å². The molecule has 0 spiro atoms. The van der Waals surface area contributed by atoms with E-state index in [0.29, 0.717) is 0 Å². The van der Waals surface area contributed by atoms with E-state index in [9.17, 15) is 0 Å². The van der Waals surface area contributed by atoms with E-state index >= 15 is 0 Å². The SMILES string of the molecule is Cc1cc(NCC2(CCl)CCCC2)ncn1. The molecule has 0 amide bonds. The molecule has 4 heteroatoms. The number of aromatic nitrogens is 2. The summed E-state index contributed by atoms with van der Waals surface area (Å²) in [4.78, 5) is 8.28. The number of halogens is 1. The van der Waals surface area contributed by atoms with Crippen LogP contribution in [0.2, 0.25) is 0 Å². The van der Waals surface area contributed by atoms with E-state index in [1.807, 2.05) is 13.0 Å². The van der Waals surface area contributed by atoms with Crippen molar-refractivity contribution in [3.05, 3.63) is 18.1 Å². The molecule has 16 heavy (non-hydrogen) atoms. The second-order valence-electron chi connectivity index (χ2n) is 4.74.